The third kappa shape index (κ3) is 4.88. The van der Waals surface area contributed by atoms with Gasteiger partial charge in [0.25, 0.3) is 0 Å². The van der Waals surface area contributed by atoms with E-state index in [1.807, 2.05) is 0 Å². The summed E-state index contributed by atoms with van der Waals surface area (Å²) in [6, 6.07) is 6.47. The van der Waals surface area contributed by atoms with Gasteiger partial charge in [0.2, 0.25) is 0 Å². The van der Waals surface area contributed by atoms with Crippen LogP contribution in [0.2, 0.25) is 0 Å². The molecule has 4 heteroatoms. The zero-order valence-corrected chi connectivity index (χ0v) is 13.0. The van der Waals surface area contributed by atoms with Crippen LogP contribution in [0.1, 0.15) is 24.5 Å². The second-order valence-corrected chi connectivity index (χ2v) is 5.81. The van der Waals surface area contributed by atoms with Crippen LogP contribution in [0.4, 0.5) is 0 Å². The van der Waals surface area contributed by atoms with Gasteiger partial charge in [0.1, 0.15) is 0 Å². The third-order valence-corrected chi connectivity index (χ3v) is 4.07. The van der Waals surface area contributed by atoms with Gasteiger partial charge in [-0.15, -0.1) is 0 Å². The van der Waals surface area contributed by atoms with Crippen molar-refractivity contribution in [2.45, 2.75) is 26.5 Å². The average Bonchev–Trinajstić information content (AvgIpc) is 2.92. The van der Waals surface area contributed by atoms with Crippen LogP contribution < -0.4 is 5.32 Å². The number of ether oxygens (including phenoxy) is 2. The molecule has 1 atom stereocenters. The van der Waals surface area contributed by atoms with Gasteiger partial charge in [-0.25, -0.2) is 0 Å². The van der Waals surface area contributed by atoms with Gasteiger partial charge in [0, 0.05) is 23.5 Å². The molecule has 0 bridgehead atoms. The van der Waals surface area contributed by atoms with Crippen LogP contribution in [0.5, 0.6) is 0 Å². The molecule has 19 heavy (non-hydrogen) atoms. The number of hydrogen-bond acceptors (Lipinski definition) is 3. The number of hydrogen-bond donors (Lipinski definition) is 1. The second-order valence-electron chi connectivity index (χ2n) is 4.95. The first-order valence-corrected chi connectivity index (χ1v) is 7.72. The van der Waals surface area contributed by atoms with Crippen molar-refractivity contribution in [3.63, 3.8) is 0 Å². The molecule has 0 aliphatic carbocycles. The molecule has 1 fully saturated rings. The van der Waals surface area contributed by atoms with Crippen molar-refractivity contribution in [3.8, 4) is 0 Å². The van der Waals surface area contributed by atoms with Gasteiger partial charge < -0.3 is 14.8 Å². The van der Waals surface area contributed by atoms with E-state index in [1.54, 1.807) is 0 Å². The van der Waals surface area contributed by atoms with Crippen molar-refractivity contribution in [2.75, 3.05) is 26.4 Å². The van der Waals surface area contributed by atoms with Crippen molar-refractivity contribution in [1.82, 2.24) is 5.32 Å². The lowest BCUT2D eigenvalue weighted by Gasteiger charge is -2.11. The van der Waals surface area contributed by atoms with E-state index in [9.17, 15) is 0 Å². The van der Waals surface area contributed by atoms with Crippen LogP contribution in [-0.2, 0) is 22.6 Å². The zero-order chi connectivity index (χ0) is 13.5. The lowest BCUT2D eigenvalue weighted by molar-refractivity contribution is 0.0788. The fraction of sp³-hybridized carbons (Fsp3) is 0.600. The highest BCUT2D eigenvalue weighted by molar-refractivity contribution is 9.10. The van der Waals surface area contributed by atoms with E-state index in [1.165, 1.54) is 11.1 Å². The Labute approximate surface area is 123 Å². The molecular formula is C15H22BrNO2. The van der Waals surface area contributed by atoms with E-state index in [0.29, 0.717) is 12.5 Å². The number of benzene rings is 1. The smallest absolute Gasteiger partial charge is 0.0727 e. The van der Waals surface area contributed by atoms with E-state index in [-0.39, 0.29) is 0 Å². The van der Waals surface area contributed by atoms with E-state index < -0.39 is 0 Å². The summed E-state index contributed by atoms with van der Waals surface area (Å²) < 4.78 is 12.3. The monoisotopic (exact) mass is 327 g/mol. The van der Waals surface area contributed by atoms with Crippen molar-refractivity contribution in [3.05, 3.63) is 33.8 Å². The lowest BCUT2D eigenvalue weighted by atomic mass is 10.1. The Morgan fingerprint density at radius 1 is 1.47 bits per heavy atom. The van der Waals surface area contributed by atoms with Gasteiger partial charge in [-0.05, 0) is 30.2 Å². The summed E-state index contributed by atoms with van der Waals surface area (Å²) in [5, 5.41) is 3.33. The van der Waals surface area contributed by atoms with Crippen LogP contribution in [0.15, 0.2) is 22.7 Å². The summed E-state index contributed by atoms with van der Waals surface area (Å²) in [5.74, 6) is 0.576. The highest BCUT2D eigenvalue weighted by Gasteiger charge is 2.15. The van der Waals surface area contributed by atoms with E-state index in [0.717, 1.165) is 43.8 Å². The molecule has 1 aliphatic heterocycles. The maximum atomic E-state index is 5.78. The molecule has 1 heterocycles. The molecule has 1 unspecified atom stereocenters. The van der Waals surface area contributed by atoms with Gasteiger partial charge >= 0.3 is 0 Å². The predicted molar refractivity (Wildman–Crippen MR) is 80.1 cm³/mol. The summed E-state index contributed by atoms with van der Waals surface area (Å²) >= 11 is 3.62. The Morgan fingerprint density at radius 3 is 3.05 bits per heavy atom. The highest BCUT2D eigenvalue weighted by Crippen LogP contribution is 2.20. The first-order chi connectivity index (χ1) is 9.29. The largest absolute Gasteiger partial charge is 0.381 e. The molecule has 3 nitrogen and oxygen atoms in total. The minimum absolute atomic E-state index is 0.576. The van der Waals surface area contributed by atoms with Crippen LogP contribution in [-0.4, -0.2) is 26.4 Å². The van der Waals surface area contributed by atoms with Gasteiger partial charge in [0.05, 0.1) is 19.8 Å². The topological polar surface area (TPSA) is 30.5 Å². The van der Waals surface area contributed by atoms with Gasteiger partial charge in [-0.3, -0.25) is 0 Å². The Bertz CT molecular complexity index is 392. The fourth-order valence-electron chi connectivity index (χ4n) is 2.14. The summed E-state index contributed by atoms with van der Waals surface area (Å²) in [6.07, 6.45) is 1.13. The molecule has 106 valence electrons. The second kappa shape index (κ2) is 8.00. The summed E-state index contributed by atoms with van der Waals surface area (Å²) in [4.78, 5) is 0. The standard InChI is InChI=1S/C15H22BrNO2/c1-2-17-8-12-3-4-14(15(16)7-12)11-19-10-13-5-6-18-9-13/h3-4,7,13,17H,2,5-6,8-11H2,1H3. The molecule has 1 aromatic carbocycles. The van der Waals surface area contributed by atoms with Gasteiger partial charge in [-0.2, -0.15) is 0 Å². The van der Waals surface area contributed by atoms with E-state index >= 15 is 0 Å². The van der Waals surface area contributed by atoms with Crippen molar-refractivity contribution in [2.24, 2.45) is 5.92 Å². The number of rotatable bonds is 7. The lowest BCUT2D eigenvalue weighted by Crippen LogP contribution is -2.12. The van der Waals surface area contributed by atoms with Crippen LogP contribution in [0.3, 0.4) is 0 Å². The quantitative estimate of drug-likeness (QED) is 0.834. The molecular weight excluding hydrogens is 306 g/mol. The normalized spacial score (nSPS) is 18.9. The summed E-state index contributed by atoms with van der Waals surface area (Å²) in [6.45, 7) is 7.22. The molecule has 1 aromatic rings. The van der Waals surface area contributed by atoms with Crippen LogP contribution >= 0.6 is 15.9 Å². The number of halogens is 1. The average molecular weight is 328 g/mol. The molecule has 1 aliphatic rings. The molecule has 0 aromatic heterocycles. The zero-order valence-electron chi connectivity index (χ0n) is 11.5. The van der Waals surface area contributed by atoms with Gasteiger partial charge in [-0.1, -0.05) is 35.0 Å². The Balaban J connectivity index is 1.79. The molecule has 0 spiro atoms. The van der Waals surface area contributed by atoms with E-state index in [4.69, 9.17) is 9.47 Å². The third-order valence-electron chi connectivity index (χ3n) is 3.33. The maximum Gasteiger partial charge on any atom is 0.0727 e. The molecule has 0 saturated carbocycles. The minimum atomic E-state index is 0.576. The Kier molecular flexibility index (Phi) is 6.31. The molecule has 1 N–H and O–H groups in total. The minimum Gasteiger partial charge on any atom is -0.381 e. The first-order valence-electron chi connectivity index (χ1n) is 6.93. The molecule has 0 amide bonds. The van der Waals surface area contributed by atoms with Crippen molar-refractivity contribution in [1.29, 1.82) is 0 Å². The van der Waals surface area contributed by atoms with E-state index in [2.05, 4.69) is 46.4 Å². The first kappa shape index (κ1) is 15.0. The SMILES string of the molecule is CCNCc1ccc(COCC2CCOC2)c(Br)c1. The Hall–Kier alpha value is -0.420. The summed E-state index contributed by atoms with van der Waals surface area (Å²) in [7, 11) is 0. The predicted octanol–water partition coefficient (Wildman–Crippen LogP) is 3.11. The van der Waals surface area contributed by atoms with Gasteiger partial charge in [0.15, 0.2) is 0 Å². The maximum absolute atomic E-state index is 5.78. The molecule has 1 saturated heterocycles. The molecule has 0 radical (unpaired) electrons. The Morgan fingerprint density at radius 2 is 2.37 bits per heavy atom. The molecule has 2 rings (SSSR count). The summed E-state index contributed by atoms with van der Waals surface area (Å²) in [5.41, 5.74) is 2.50. The number of nitrogens with one attached hydrogen (secondary N) is 1. The van der Waals surface area contributed by atoms with Crippen LogP contribution in [0.25, 0.3) is 0 Å². The van der Waals surface area contributed by atoms with Crippen LogP contribution in [0, 0.1) is 5.92 Å². The fourth-order valence-corrected chi connectivity index (χ4v) is 2.68. The van der Waals surface area contributed by atoms with Crippen molar-refractivity contribution < 1.29 is 9.47 Å². The van der Waals surface area contributed by atoms with Crippen molar-refractivity contribution >= 4 is 15.9 Å². The highest BCUT2D eigenvalue weighted by atomic mass is 79.9.